The molecule has 0 unspecified atom stereocenters. The molecule has 3 N–H and O–H groups in total. The number of aromatic nitrogens is 2. The first-order valence-corrected chi connectivity index (χ1v) is 7.79. The van der Waals surface area contributed by atoms with Crippen molar-refractivity contribution >= 4 is 28.5 Å². The number of halogens is 1. The standard InChI is InChI=1S/C15H19ClN4O2/c16-10-3-4-12-13(6-10)19-14(18-12)7-17-15(22)9-20-5-1-2-11(21)8-20/h3-4,6,11,21H,1-2,5,7-9H2,(H,17,22)(H,18,19)/t11-/m0/s1. The van der Waals surface area contributed by atoms with Crippen molar-refractivity contribution in [3.05, 3.63) is 29.0 Å². The minimum atomic E-state index is -0.318. The average molecular weight is 323 g/mol. The molecule has 1 fully saturated rings. The summed E-state index contributed by atoms with van der Waals surface area (Å²) in [6, 6.07) is 5.44. The third-order valence-electron chi connectivity index (χ3n) is 3.79. The van der Waals surface area contributed by atoms with E-state index >= 15 is 0 Å². The lowest BCUT2D eigenvalue weighted by Gasteiger charge is -2.29. The van der Waals surface area contributed by atoms with Gasteiger partial charge < -0.3 is 15.4 Å². The van der Waals surface area contributed by atoms with Gasteiger partial charge in [-0.3, -0.25) is 9.69 Å². The highest BCUT2D eigenvalue weighted by Gasteiger charge is 2.19. The summed E-state index contributed by atoms with van der Waals surface area (Å²) in [5.74, 6) is 0.636. The summed E-state index contributed by atoms with van der Waals surface area (Å²) in [6.45, 7) is 2.08. The molecule has 2 heterocycles. The lowest BCUT2D eigenvalue weighted by atomic mass is 10.1. The molecule has 3 rings (SSSR count). The minimum Gasteiger partial charge on any atom is -0.392 e. The number of carbonyl (C=O) groups is 1. The maximum Gasteiger partial charge on any atom is 0.234 e. The van der Waals surface area contributed by atoms with Crippen molar-refractivity contribution in [2.45, 2.75) is 25.5 Å². The normalized spacial score (nSPS) is 19.5. The van der Waals surface area contributed by atoms with Crippen LogP contribution in [-0.2, 0) is 11.3 Å². The molecule has 0 aliphatic carbocycles. The first-order valence-electron chi connectivity index (χ1n) is 7.41. The van der Waals surface area contributed by atoms with E-state index in [1.54, 1.807) is 6.07 Å². The van der Waals surface area contributed by atoms with Gasteiger partial charge >= 0.3 is 0 Å². The molecule has 2 aromatic rings. The fourth-order valence-corrected chi connectivity index (χ4v) is 2.91. The van der Waals surface area contributed by atoms with Crippen LogP contribution in [0, 0.1) is 0 Å². The molecule has 1 aliphatic heterocycles. The first-order chi connectivity index (χ1) is 10.6. The third kappa shape index (κ3) is 3.76. The highest BCUT2D eigenvalue weighted by Crippen LogP contribution is 2.17. The quantitative estimate of drug-likeness (QED) is 0.792. The van der Waals surface area contributed by atoms with Crippen molar-refractivity contribution in [3.8, 4) is 0 Å². The van der Waals surface area contributed by atoms with Gasteiger partial charge in [0.1, 0.15) is 5.82 Å². The molecule has 0 radical (unpaired) electrons. The van der Waals surface area contributed by atoms with E-state index in [0.717, 1.165) is 30.4 Å². The van der Waals surface area contributed by atoms with Crippen LogP contribution in [-0.4, -0.2) is 51.6 Å². The summed E-state index contributed by atoms with van der Waals surface area (Å²) in [4.78, 5) is 21.5. The molecule has 118 valence electrons. The van der Waals surface area contributed by atoms with Crippen molar-refractivity contribution in [2.24, 2.45) is 0 Å². The van der Waals surface area contributed by atoms with Gasteiger partial charge in [0.2, 0.25) is 5.91 Å². The molecule has 22 heavy (non-hydrogen) atoms. The first kappa shape index (κ1) is 15.3. The van der Waals surface area contributed by atoms with Gasteiger partial charge in [-0.2, -0.15) is 0 Å². The van der Waals surface area contributed by atoms with E-state index in [1.807, 2.05) is 17.0 Å². The predicted molar refractivity (Wildman–Crippen MR) is 84.6 cm³/mol. The fraction of sp³-hybridized carbons (Fsp3) is 0.467. The number of hydrogen-bond acceptors (Lipinski definition) is 4. The van der Waals surface area contributed by atoms with Crippen LogP contribution in [0.1, 0.15) is 18.7 Å². The third-order valence-corrected chi connectivity index (χ3v) is 4.03. The number of nitrogens with zero attached hydrogens (tertiary/aromatic N) is 2. The maximum atomic E-state index is 12.0. The topological polar surface area (TPSA) is 81.2 Å². The maximum absolute atomic E-state index is 12.0. The van der Waals surface area contributed by atoms with Crippen molar-refractivity contribution in [1.29, 1.82) is 0 Å². The zero-order valence-corrected chi connectivity index (χ0v) is 12.9. The van der Waals surface area contributed by atoms with Crippen molar-refractivity contribution < 1.29 is 9.90 Å². The van der Waals surface area contributed by atoms with Crippen molar-refractivity contribution in [3.63, 3.8) is 0 Å². The van der Waals surface area contributed by atoms with E-state index < -0.39 is 0 Å². The number of aliphatic hydroxyl groups is 1. The number of nitrogens with one attached hydrogen (secondary N) is 2. The van der Waals surface area contributed by atoms with E-state index in [-0.39, 0.29) is 12.0 Å². The highest BCUT2D eigenvalue weighted by molar-refractivity contribution is 6.31. The Morgan fingerprint density at radius 3 is 3.23 bits per heavy atom. The monoisotopic (exact) mass is 322 g/mol. The zero-order valence-electron chi connectivity index (χ0n) is 12.2. The number of carbonyl (C=O) groups excluding carboxylic acids is 1. The van der Waals surface area contributed by atoms with Crippen LogP contribution in [0.3, 0.4) is 0 Å². The molecule has 1 aromatic carbocycles. The van der Waals surface area contributed by atoms with Gasteiger partial charge in [-0.1, -0.05) is 11.6 Å². The number of β-amino-alcohol motifs (C(OH)–C–C–N with tert-alkyl or cyclic N) is 1. The largest absolute Gasteiger partial charge is 0.392 e. The number of H-pyrrole nitrogens is 1. The molecule has 7 heteroatoms. The number of rotatable bonds is 4. The predicted octanol–water partition coefficient (Wildman–Crippen LogP) is 1.29. The van der Waals surface area contributed by atoms with Gasteiger partial charge in [-0.05, 0) is 37.6 Å². The number of aromatic amines is 1. The zero-order chi connectivity index (χ0) is 15.5. The molecule has 0 bridgehead atoms. The van der Waals surface area contributed by atoms with Crippen LogP contribution >= 0.6 is 11.6 Å². The van der Waals surface area contributed by atoms with E-state index in [9.17, 15) is 9.90 Å². The van der Waals surface area contributed by atoms with Crippen LogP contribution in [0.4, 0.5) is 0 Å². The van der Waals surface area contributed by atoms with Gasteiger partial charge in [0, 0.05) is 11.6 Å². The Kier molecular flexibility index (Phi) is 4.61. The number of benzene rings is 1. The number of amides is 1. The van der Waals surface area contributed by atoms with E-state index in [0.29, 0.717) is 30.5 Å². The molecular formula is C15H19ClN4O2. The van der Waals surface area contributed by atoms with Gasteiger partial charge in [0.15, 0.2) is 0 Å². The van der Waals surface area contributed by atoms with E-state index in [1.165, 1.54) is 0 Å². The summed E-state index contributed by atoms with van der Waals surface area (Å²) in [5.41, 5.74) is 1.68. The van der Waals surface area contributed by atoms with Crippen LogP contribution in [0.15, 0.2) is 18.2 Å². The van der Waals surface area contributed by atoms with Crippen LogP contribution in [0.25, 0.3) is 11.0 Å². The van der Waals surface area contributed by atoms with Gasteiger partial charge in [0.25, 0.3) is 0 Å². The molecule has 1 saturated heterocycles. The second-order valence-electron chi connectivity index (χ2n) is 5.65. The number of fused-ring (bicyclic) bond motifs is 1. The molecule has 1 atom stereocenters. The van der Waals surface area contributed by atoms with Crippen LogP contribution in [0.2, 0.25) is 5.02 Å². The minimum absolute atomic E-state index is 0.0624. The summed E-state index contributed by atoms with van der Waals surface area (Å²) < 4.78 is 0. The van der Waals surface area contributed by atoms with Crippen LogP contribution < -0.4 is 5.32 Å². The number of likely N-dealkylation sites (tertiary alicyclic amines) is 1. The fourth-order valence-electron chi connectivity index (χ4n) is 2.73. The molecule has 0 saturated carbocycles. The molecular weight excluding hydrogens is 304 g/mol. The number of piperidine rings is 1. The Hall–Kier alpha value is -1.63. The molecule has 6 nitrogen and oxygen atoms in total. The molecule has 0 spiro atoms. The van der Waals surface area contributed by atoms with Crippen LogP contribution in [0.5, 0.6) is 0 Å². The smallest absolute Gasteiger partial charge is 0.234 e. The Bertz CT molecular complexity index is 673. The summed E-state index contributed by atoms with van der Waals surface area (Å²) >= 11 is 5.93. The second kappa shape index (κ2) is 6.64. The van der Waals surface area contributed by atoms with Gasteiger partial charge in [-0.15, -0.1) is 0 Å². The van der Waals surface area contributed by atoms with E-state index in [4.69, 9.17) is 11.6 Å². The Morgan fingerprint density at radius 2 is 2.41 bits per heavy atom. The SMILES string of the molecule is O=C(CN1CCC[C@H](O)C1)NCc1nc2ccc(Cl)cc2[nH]1. The Balaban J connectivity index is 1.53. The lowest BCUT2D eigenvalue weighted by Crippen LogP contribution is -2.44. The number of hydrogen-bond donors (Lipinski definition) is 3. The summed E-state index contributed by atoms with van der Waals surface area (Å²) in [6.07, 6.45) is 1.43. The summed E-state index contributed by atoms with van der Waals surface area (Å²) in [5, 5.41) is 13.1. The highest BCUT2D eigenvalue weighted by atomic mass is 35.5. The molecule has 1 amide bonds. The summed E-state index contributed by atoms with van der Waals surface area (Å²) in [7, 11) is 0. The lowest BCUT2D eigenvalue weighted by molar-refractivity contribution is -0.123. The van der Waals surface area contributed by atoms with Crippen molar-refractivity contribution in [1.82, 2.24) is 20.2 Å². The molecule has 1 aliphatic rings. The van der Waals surface area contributed by atoms with E-state index in [2.05, 4.69) is 15.3 Å². The van der Waals surface area contributed by atoms with Gasteiger partial charge in [-0.25, -0.2) is 4.98 Å². The number of aliphatic hydroxyl groups excluding tert-OH is 1. The van der Waals surface area contributed by atoms with Gasteiger partial charge in [0.05, 0.1) is 30.2 Å². The Labute approximate surface area is 133 Å². The molecule has 1 aromatic heterocycles. The van der Waals surface area contributed by atoms with Crippen molar-refractivity contribution in [2.75, 3.05) is 19.6 Å². The Morgan fingerprint density at radius 1 is 1.55 bits per heavy atom. The average Bonchev–Trinajstić information content (AvgIpc) is 2.87. The second-order valence-corrected chi connectivity index (χ2v) is 6.09. The number of imidazole rings is 1.